The standard InChI is InChI=1S/C17H15F3O/c1-12(21)10-16(17(18,19)20)15-9-5-8-14(11-15)13-6-3-2-4-7-13/h2-9,11,16H,10H2,1H3/t16-/m0/s1. The summed E-state index contributed by atoms with van der Waals surface area (Å²) < 4.78 is 39.4. The first-order valence-corrected chi connectivity index (χ1v) is 6.59. The summed E-state index contributed by atoms with van der Waals surface area (Å²) in [5, 5.41) is 0. The minimum absolute atomic E-state index is 0.124. The Morgan fingerprint density at radius 2 is 1.62 bits per heavy atom. The molecule has 2 rings (SSSR count). The summed E-state index contributed by atoms with van der Waals surface area (Å²) in [4.78, 5) is 11.1. The van der Waals surface area contributed by atoms with Crippen molar-refractivity contribution >= 4 is 5.78 Å². The summed E-state index contributed by atoms with van der Waals surface area (Å²) in [5.74, 6) is -2.22. The van der Waals surface area contributed by atoms with Gasteiger partial charge in [0.05, 0.1) is 5.92 Å². The smallest absolute Gasteiger partial charge is 0.300 e. The van der Waals surface area contributed by atoms with E-state index in [1.54, 1.807) is 12.1 Å². The van der Waals surface area contributed by atoms with E-state index in [-0.39, 0.29) is 5.56 Å². The number of hydrogen-bond acceptors (Lipinski definition) is 1. The quantitative estimate of drug-likeness (QED) is 0.776. The fraction of sp³-hybridized carbons (Fsp3) is 0.235. The van der Waals surface area contributed by atoms with Crippen molar-refractivity contribution in [1.82, 2.24) is 0 Å². The van der Waals surface area contributed by atoms with Crippen molar-refractivity contribution in [1.29, 1.82) is 0 Å². The maximum Gasteiger partial charge on any atom is 0.396 e. The Morgan fingerprint density at radius 3 is 2.19 bits per heavy atom. The van der Waals surface area contributed by atoms with E-state index in [1.807, 2.05) is 30.3 Å². The Labute approximate surface area is 121 Å². The van der Waals surface area contributed by atoms with Gasteiger partial charge in [0.1, 0.15) is 5.78 Å². The van der Waals surface area contributed by atoms with E-state index in [9.17, 15) is 18.0 Å². The first-order valence-electron chi connectivity index (χ1n) is 6.59. The Kier molecular flexibility index (Phi) is 4.46. The van der Waals surface area contributed by atoms with Crippen molar-refractivity contribution in [3.05, 3.63) is 60.2 Å². The predicted molar refractivity (Wildman–Crippen MR) is 76.0 cm³/mol. The van der Waals surface area contributed by atoms with Crippen molar-refractivity contribution in [3.8, 4) is 11.1 Å². The second-order valence-electron chi connectivity index (χ2n) is 4.99. The lowest BCUT2D eigenvalue weighted by Crippen LogP contribution is -2.23. The topological polar surface area (TPSA) is 17.1 Å². The number of halogens is 3. The van der Waals surface area contributed by atoms with Crippen LogP contribution in [0, 0.1) is 0 Å². The van der Waals surface area contributed by atoms with Gasteiger partial charge in [0.15, 0.2) is 0 Å². The summed E-state index contributed by atoms with van der Waals surface area (Å²) in [6.45, 7) is 1.18. The lowest BCUT2D eigenvalue weighted by molar-refractivity contribution is -0.156. The normalized spacial score (nSPS) is 13.0. The number of hydrogen-bond donors (Lipinski definition) is 0. The second kappa shape index (κ2) is 6.12. The van der Waals surface area contributed by atoms with E-state index < -0.39 is 24.3 Å². The highest BCUT2D eigenvalue weighted by Crippen LogP contribution is 2.38. The average molecular weight is 292 g/mol. The van der Waals surface area contributed by atoms with Crippen molar-refractivity contribution in [2.45, 2.75) is 25.4 Å². The van der Waals surface area contributed by atoms with Crippen LogP contribution in [0.25, 0.3) is 11.1 Å². The molecule has 0 bridgehead atoms. The van der Waals surface area contributed by atoms with Crippen LogP contribution in [0.5, 0.6) is 0 Å². The van der Waals surface area contributed by atoms with Crippen LogP contribution in [0.15, 0.2) is 54.6 Å². The molecule has 0 amide bonds. The van der Waals surface area contributed by atoms with Crippen LogP contribution in [0.3, 0.4) is 0 Å². The zero-order valence-corrected chi connectivity index (χ0v) is 11.5. The molecule has 0 aromatic heterocycles. The minimum atomic E-state index is -4.43. The molecule has 0 fully saturated rings. The highest BCUT2D eigenvalue weighted by atomic mass is 19.4. The summed E-state index contributed by atoms with van der Waals surface area (Å²) in [6.07, 6.45) is -4.96. The largest absolute Gasteiger partial charge is 0.396 e. The van der Waals surface area contributed by atoms with Crippen LogP contribution < -0.4 is 0 Å². The summed E-state index contributed by atoms with van der Waals surface area (Å²) in [5.41, 5.74) is 1.69. The van der Waals surface area contributed by atoms with E-state index in [4.69, 9.17) is 0 Å². The third kappa shape index (κ3) is 3.94. The Bertz CT molecular complexity index is 617. The van der Waals surface area contributed by atoms with Crippen molar-refractivity contribution in [3.63, 3.8) is 0 Å². The van der Waals surface area contributed by atoms with Gasteiger partial charge in [0, 0.05) is 6.42 Å². The Hall–Kier alpha value is -2.10. The summed E-state index contributed by atoms with van der Waals surface area (Å²) >= 11 is 0. The first kappa shape index (κ1) is 15.3. The van der Waals surface area contributed by atoms with Gasteiger partial charge in [-0.1, -0.05) is 54.6 Å². The number of benzene rings is 2. The van der Waals surface area contributed by atoms with Gasteiger partial charge in [-0.05, 0) is 23.6 Å². The molecule has 0 spiro atoms. The Balaban J connectivity index is 2.41. The molecular formula is C17H15F3O. The van der Waals surface area contributed by atoms with Crippen molar-refractivity contribution in [2.75, 3.05) is 0 Å². The number of alkyl halides is 3. The molecule has 1 nitrogen and oxygen atoms in total. The van der Waals surface area contributed by atoms with Crippen LogP contribution in [0.1, 0.15) is 24.8 Å². The summed E-state index contributed by atoms with van der Waals surface area (Å²) in [6, 6.07) is 15.5. The molecule has 0 unspecified atom stereocenters. The highest BCUT2D eigenvalue weighted by molar-refractivity contribution is 5.76. The molecule has 2 aromatic rings. The molecule has 21 heavy (non-hydrogen) atoms. The SMILES string of the molecule is CC(=O)C[C@@H](c1cccc(-c2ccccc2)c1)C(F)(F)F. The highest BCUT2D eigenvalue weighted by Gasteiger charge is 2.41. The van der Waals surface area contributed by atoms with Crippen LogP contribution >= 0.6 is 0 Å². The second-order valence-corrected chi connectivity index (χ2v) is 4.99. The molecule has 0 N–H and O–H groups in total. The minimum Gasteiger partial charge on any atom is -0.300 e. The van der Waals surface area contributed by atoms with E-state index in [0.717, 1.165) is 5.56 Å². The molecule has 110 valence electrons. The number of ketones is 1. The van der Waals surface area contributed by atoms with Gasteiger partial charge in [0.2, 0.25) is 0 Å². The predicted octanol–water partition coefficient (Wildman–Crippen LogP) is 4.98. The number of Topliss-reactive ketones (excluding diaryl/α,β-unsaturated/α-hetero) is 1. The van der Waals surface area contributed by atoms with Crippen molar-refractivity contribution in [2.24, 2.45) is 0 Å². The molecular weight excluding hydrogens is 277 g/mol. The van der Waals surface area contributed by atoms with Gasteiger partial charge in [-0.25, -0.2) is 0 Å². The van der Waals surface area contributed by atoms with E-state index in [1.165, 1.54) is 19.1 Å². The Morgan fingerprint density at radius 1 is 1.00 bits per heavy atom. The zero-order chi connectivity index (χ0) is 15.5. The molecule has 1 atom stereocenters. The zero-order valence-electron chi connectivity index (χ0n) is 11.5. The van der Waals surface area contributed by atoms with E-state index >= 15 is 0 Å². The fourth-order valence-corrected chi connectivity index (χ4v) is 2.28. The maximum atomic E-state index is 13.1. The average Bonchev–Trinajstić information content (AvgIpc) is 2.44. The van der Waals surface area contributed by atoms with E-state index in [2.05, 4.69) is 0 Å². The van der Waals surface area contributed by atoms with Crippen LogP contribution in [0.4, 0.5) is 13.2 Å². The third-order valence-electron chi connectivity index (χ3n) is 3.28. The van der Waals surface area contributed by atoms with E-state index in [0.29, 0.717) is 5.56 Å². The molecule has 0 aliphatic carbocycles. The number of rotatable bonds is 4. The molecule has 0 heterocycles. The van der Waals surface area contributed by atoms with Gasteiger partial charge < -0.3 is 4.79 Å². The fourth-order valence-electron chi connectivity index (χ4n) is 2.28. The van der Waals surface area contributed by atoms with Gasteiger partial charge in [-0.3, -0.25) is 0 Å². The molecule has 0 saturated heterocycles. The van der Waals surface area contributed by atoms with Crippen molar-refractivity contribution < 1.29 is 18.0 Å². The molecule has 0 radical (unpaired) electrons. The molecule has 4 heteroatoms. The lowest BCUT2D eigenvalue weighted by atomic mass is 9.91. The monoisotopic (exact) mass is 292 g/mol. The van der Waals surface area contributed by atoms with Crippen LogP contribution in [-0.2, 0) is 4.79 Å². The number of carbonyl (C=O) groups is 1. The first-order chi connectivity index (χ1) is 9.88. The number of carbonyl (C=O) groups excluding carboxylic acids is 1. The van der Waals surface area contributed by atoms with Crippen LogP contribution in [-0.4, -0.2) is 12.0 Å². The lowest BCUT2D eigenvalue weighted by Gasteiger charge is -2.20. The molecule has 0 aliphatic rings. The van der Waals surface area contributed by atoms with Gasteiger partial charge >= 0.3 is 6.18 Å². The maximum absolute atomic E-state index is 13.1. The van der Waals surface area contributed by atoms with Gasteiger partial charge in [-0.2, -0.15) is 13.2 Å². The third-order valence-corrected chi connectivity index (χ3v) is 3.28. The van der Waals surface area contributed by atoms with Gasteiger partial charge in [-0.15, -0.1) is 0 Å². The van der Waals surface area contributed by atoms with Gasteiger partial charge in [0.25, 0.3) is 0 Å². The van der Waals surface area contributed by atoms with Crippen LogP contribution in [0.2, 0.25) is 0 Å². The molecule has 0 saturated carbocycles. The molecule has 2 aromatic carbocycles. The molecule has 0 aliphatic heterocycles. The summed E-state index contributed by atoms with van der Waals surface area (Å²) in [7, 11) is 0.